The highest BCUT2D eigenvalue weighted by atomic mass is 16.6. The molecule has 120 valence electrons. The van der Waals surface area contributed by atoms with Crippen LogP contribution in [0.3, 0.4) is 0 Å². The van der Waals surface area contributed by atoms with Gasteiger partial charge in [-0.05, 0) is 30.2 Å². The molecule has 1 amide bonds. The number of esters is 1. The molecule has 0 bridgehead atoms. The van der Waals surface area contributed by atoms with Gasteiger partial charge in [0.05, 0.1) is 6.61 Å². The minimum Gasteiger partial charge on any atom is -0.464 e. The summed E-state index contributed by atoms with van der Waals surface area (Å²) >= 11 is 0. The summed E-state index contributed by atoms with van der Waals surface area (Å²) in [4.78, 5) is 27.9. The molecule has 6 nitrogen and oxygen atoms in total. The van der Waals surface area contributed by atoms with Crippen LogP contribution in [-0.2, 0) is 20.9 Å². The lowest BCUT2D eigenvalue weighted by Gasteiger charge is -2.17. The molecule has 0 saturated carbocycles. The van der Waals surface area contributed by atoms with E-state index >= 15 is 0 Å². The summed E-state index contributed by atoms with van der Waals surface area (Å²) in [5.74, 6) is -0.546. The van der Waals surface area contributed by atoms with E-state index in [1.807, 2.05) is 30.3 Å². The third kappa shape index (κ3) is 5.10. The Kier molecular flexibility index (Phi) is 6.11. The Morgan fingerprint density at radius 3 is 2.43 bits per heavy atom. The number of nitrogens with zero attached hydrogens (tertiary/aromatic N) is 1. The van der Waals surface area contributed by atoms with Crippen molar-refractivity contribution in [2.75, 3.05) is 6.61 Å². The zero-order valence-corrected chi connectivity index (χ0v) is 12.8. The first-order chi connectivity index (χ1) is 11.2. The minimum absolute atomic E-state index is 0.124. The van der Waals surface area contributed by atoms with Crippen molar-refractivity contribution in [1.29, 1.82) is 0 Å². The van der Waals surface area contributed by atoms with Gasteiger partial charge in [0.2, 0.25) is 0 Å². The molecular formula is C17H18N2O4. The first kappa shape index (κ1) is 16.5. The number of carbonyl (C=O) groups excluding carboxylic acids is 2. The number of pyridine rings is 1. The second-order valence-electron chi connectivity index (χ2n) is 4.67. The number of amides is 1. The van der Waals surface area contributed by atoms with E-state index in [1.165, 1.54) is 0 Å². The zero-order valence-electron chi connectivity index (χ0n) is 12.8. The van der Waals surface area contributed by atoms with Gasteiger partial charge in [-0.25, -0.2) is 9.59 Å². The molecule has 0 spiro atoms. The topological polar surface area (TPSA) is 77.5 Å². The quantitative estimate of drug-likeness (QED) is 0.829. The highest BCUT2D eigenvalue weighted by Gasteiger charge is 2.24. The molecular weight excluding hydrogens is 296 g/mol. The van der Waals surface area contributed by atoms with Crippen molar-refractivity contribution in [3.63, 3.8) is 0 Å². The van der Waals surface area contributed by atoms with E-state index in [0.29, 0.717) is 5.56 Å². The lowest BCUT2D eigenvalue weighted by atomic mass is 10.1. The molecule has 23 heavy (non-hydrogen) atoms. The van der Waals surface area contributed by atoms with Crippen LogP contribution in [-0.4, -0.2) is 23.7 Å². The van der Waals surface area contributed by atoms with Gasteiger partial charge in [-0.3, -0.25) is 4.98 Å². The van der Waals surface area contributed by atoms with E-state index in [1.54, 1.807) is 31.5 Å². The minimum atomic E-state index is -0.929. The van der Waals surface area contributed by atoms with Crippen LogP contribution in [0.4, 0.5) is 4.79 Å². The molecule has 2 aromatic rings. The molecule has 2 rings (SSSR count). The van der Waals surface area contributed by atoms with E-state index in [0.717, 1.165) is 5.56 Å². The Morgan fingerprint density at radius 1 is 1.09 bits per heavy atom. The summed E-state index contributed by atoms with van der Waals surface area (Å²) in [6.45, 7) is 2.05. The number of hydrogen-bond donors (Lipinski definition) is 1. The predicted molar refractivity (Wildman–Crippen MR) is 83.4 cm³/mol. The van der Waals surface area contributed by atoms with Crippen molar-refractivity contribution in [2.24, 2.45) is 0 Å². The van der Waals surface area contributed by atoms with E-state index < -0.39 is 18.1 Å². The number of hydrogen-bond acceptors (Lipinski definition) is 5. The first-order valence-corrected chi connectivity index (χ1v) is 7.24. The van der Waals surface area contributed by atoms with Gasteiger partial charge in [0.15, 0.2) is 6.04 Å². The molecule has 0 aliphatic carbocycles. The van der Waals surface area contributed by atoms with Crippen molar-refractivity contribution in [1.82, 2.24) is 10.3 Å². The number of rotatable bonds is 6. The molecule has 1 atom stereocenters. The average molecular weight is 314 g/mol. The van der Waals surface area contributed by atoms with Gasteiger partial charge in [-0.1, -0.05) is 30.3 Å². The molecule has 6 heteroatoms. The van der Waals surface area contributed by atoms with Gasteiger partial charge in [0, 0.05) is 12.4 Å². The Balaban J connectivity index is 1.99. The van der Waals surface area contributed by atoms with Crippen LogP contribution >= 0.6 is 0 Å². The highest BCUT2D eigenvalue weighted by molar-refractivity contribution is 5.82. The molecule has 1 unspecified atom stereocenters. The van der Waals surface area contributed by atoms with Crippen LogP contribution in [0.1, 0.15) is 24.1 Å². The Labute approximate surface area is 134 Å². The molecule has 1 aromatic heterocycles. The SMILES string of the molecule is CCOC(=O)C(NC(=O)OCc1ccccc1)c1ccncc1. The van der Waals surface area contributed by atoms with Crippen LogP contribution in [0.5, 0.6) is 0 Å². The molecule has 1 N–H and O–H groups in total. The summed E-state index contributed by atoms with van der Waals surface area (Å²) in [6.07, 6.45) is 2.39. The monoisotopic (exact) mass is 314 g/mol. The fraction of sp³-hybridized carbons (Fsp3) is 0.235. The lowest BCUT2D eigenvalue weighted by Crippen LogP contribution is -2.35. The fourth-order valence-corrected chi connectivity index (χ4v) is 1.94. The maximum Gasteiger partial charge on any atom is 0.408 e. The second kappa shape index (κ2) is 8.53. The molecule has 0 saturated heterocycles. The normalized spacial score (nSPS) is 11.3. The molecule has 0 aliphatic rings. The van der Waals surface area contributed by atoms with Gasteiger partial charge >= 0.3 is 12.1 Å². The third-order valence-electron chi connectivity index (χ3n) is 3.04. The summed E-state index contributed by atoms with van der Waals surface area (Å²) < 4.78 is 10.1. The number of alkyl carbamates (subject to hydrolysis) is 1. The molecule has 0 radical (unpaired) electrons. The van der Waals surface area contributed by atoms with Gasteiger partial charge in [-0.2, -0.15) is 0 Å². The van der Waals surface area contributed by atoms with Crippen molar-refractivity contribution in [3.8, 4) is 0 Å². The van der Waals surface area contributed by atoms with Crippen molar-refractivity contribution in [3.05, 3.63) is 66.0 Å². The van der Waals surface area contributed by atoms with E-state index in [4.69, 9.17) is 9.47 Å². The van der Waals surface area contributed by atoms with Crippen LogP contribution in [0, 0.1) is 0 Å². The maximum atomic E-state index is 12.0. The molecule has 0 aliphatic heterocycles. The van der Waals surface area contributed by atoms with E-state index in [-0.39, 0.29) is 13.2 Å². The van der Waals surface area contributed by atoms with Crippen molar-refractivity contribution < 1.29 is 19.1 Å². The van der Waals surface area contributed by atoms with Crippen LogP contribution in [0.2, 0.25) is 0 Å². The number of nitrogens with one attached hydrogen (secondary N) is 1. The van der Waals surface area contributed by atoms with Gasteiger partial charge in [0.1, 0.15) is 6.61 Å². The zero-order chi connectivity index (χ0) is 16.5. The van der Waals surface area contributed by atoms with Gasteiger partial charge in [-0.15, -0.1) is 0 Å². The van der Waals surface area contributed by atoms with Crippen LogP contribution < -0.4 is 5.32 Å². The van der Waals surface area contributed by atoms with Crippen LogP contribution in [0.15, 0.2) is 54.9 Å². The number of aromatic nitrogens is 1. The largest absolute Gasteiger partial charge is 0.464 e. The summed E-state index contributed by atoms with van der Waals surface area (Å²) in [7, 11) is 0. The molecule has 1 heterocycles. The third-order valence-corrected chi connectivity index (χ3v) is 3.04. The highest BCUT2D eigenvalue weighted by Crippen LogP contribution is 2.14. The summed E-state index contributed by atoms with van der Waals surface area (Å²) in [5, 5.41) is 2.52. The standard InChI is InChI=1S/C17H18N2O4/c1-2-22-16(20)15(14-8-10-18-11-9-14)19-17(21)23-12-13-6-4-3-5-7-13/h3-11,15H,2,12H2,1H3,(H,19,21). The Hall–Kier alpha value is -2.89. The molecule has 0 fully saturated rings. The van der Waals surface area contributed by atoms with E-state index in [2.05, 4.69) is 10.3 Å². The Morgan fingerprint density at radius 2 is 1.78 bits per heavy atom. The first-order valence-electron chi connectivity index (χ1n) is 7.24. The lowest BCUT2D eigenvalue weighted by molar-refractivity contribution is -0.145. The average Bonchev–Trinajstić information content (AvgIpc) is 2.59. The Bertz CT molecular complexity index is 632. The smallest absolute Gasteiger partial charge is 0.408 e. The number of ether oxygens (including phenoxy) is 2. The van der Waals surface area contributed by atoms with Crippen LogP contribution in [0.25, 0.3) is 0 Å². The summed E-state index contributed by atoms with van der Waals surface area (Å²) in [6, 6.07) is 11.6. The molecule has 1 aromatic carbocycles. The predicted octanol–water partition coefficient (Wildman–Crippen LogP) is 2.61. The second-order valence-corrected chi connectivity index (χ2v) is 4.67. The van der Waals surface area contributed by atoms with Crippen molar-refractivity contribution >= 4 is 12.1 Å². The van der Waals surface area contributed by atoms with Gasteiger partial charge in [0.25, 0.3) is 0 Å². The van der Waals surface area contributed by atoms with Gasteiger partial charge < -0.3 is 14.8 Å². The summed E-state index contributed by atoms with van der Waals surface area (Å²) in [5.41, 5.74) is 1.44. The number of benzene rings is 1. The fourth-order valence-electron chi connectivity index (χ4n) is 1.94. The van der Waals surface area contributed by atoms with E-state index in [9.17, 15) is 9.59 Å². The maximum absolute atomic E-state index is 12.0. The number of carbonyl (C=O) groups is 2. The van der Waals surface area contributed by atoms with Crippen molar-refractivity contribution in [2.45, 2.75) is 19.6 Å².